The van der Waals surface area contributed by atoms with Crippen LogP contribution in [0.25, 0.3) is 0 Å². The summed E-state index contributed by atoms with van der Waals surface area (Å²) in [6.07, 6.45) is 2.67. The zero-order chi connectivity index (χ0) is 14.0. The first-order chi connectivity index (χ1) is 8.97. The van der Waals surface area contributed by atoms with Crippen LogP contribution >= 0.6 is 0 Å². The topological polar surface area (TPSA) is 46.2 Å². The molecule has 1 unspecified atom stereocenters. The summed E-state index contributed by atoms with van der Waals surface area (Å²) in [5, 5.41) is 10.5. The molecule has 0 saturated heterocycles. The molecule has 0 aromatic heterocycles. The fraction of sp³-hybridized carbons (Fsp3) is 0.600. The normalized spacial score (nSPS) is 29.2. The first-order valence-corrected chi connectivity index (χ1v) is 6.81. The summed E-state index contributed by atoms with van der Waals surface area (Å²) in [4.78, 5) is 0. The maximum Gasteiger partial charge on any atom is 0.126 e. The van der Waals surface area contributed by atoms with Crippen LogP contribution in [0.3, 0.4) is 0 Å². The first kappa shape index (κ1) is 14.4. The minimum Gasteiger partial charge on any atom is -0.388 e. The van der Waals surface area contributed by atoms with Gasteiger partial charge in [-0.2, -0.15) is 0 Å². The van der Waals surface area contributed by atoms with Gasteiger partial charge in [-0.15, -0.1) is 0 Å². The molecule has 0 amide bonds. The van der Waals surface area contributed by atoms with Crippen molar-refractivity contribution >= 4 is 0 Å². The van der Waals surface area contributed by atoms with Crippen LogP contribution in [-0.4, -0.2) is 11.7 Å². The van der Waals surface area contributed by atoms with E-state index in [0.29, 0.717) is 12.5 Å². The minimum atomic E-state index is -0.907. The Labute approximate surface area is 112 Å². The van der Waals surface area contributed by atoms with Crippen LogP contribution < -0.4 is 5.73 Å². The molecule has 1 aliphatic rings. The van der Waals surface area contributed by atoms with E-state index in [-0.39, 0.29) is 5.56 Å². The smallest absolute Gasteiger partial charge is 0.126 e. The standard InChI is InChI=1S/C15H21F2NO/c1-10-2-4-15(9-18,5-3-10)14(19)11-6-12(16)8-13(17)7-11/h6-8,10,14,19H,2-5,9,18H2,1H3. The lowest BCUT2D eigenvalue weighted by Gasteiger charge is -2.42. The molecule has 0 heterocycles. The molecule has 1 aromatic rings. The molecular weight excluding hydrogens is 248 g/mol. The zero-order valence-corrected chi connectivity index (χ0v) is 11.2. The molecule has 2 nitrogen and oxygen atoms in total. The lowest BCUT2D eigenvalue weighted by molar-refractivity contribution is -0.00852. The number of aliphatic hydroxyl groups excluding tert-OH is 1. The van der Waals surface area contributed by atoms with Gasteiger partial charge in [-0.25, -0.2) is 8.78 Å². The second-order valence-electron chi connectivity index (χ2n) is 5.85. The van der Waals surface area contributed by atoms with Crippen molar-refractivity contribution in [1.82, 2.24) is 0 Å². The third kappa shape index (κ3) is 2.95. The molecule has 0 bridgehead atoms. The molecule has 3 N–H and O–H groups in total. The van der Waals surface area contributed by atoms with Gasteiger partial charge in [0.25, 0.3) is 0 Å². The van der Waals surface area contributed by atoms with Crippen LogP contribution in [0.1, 0.15) is 44.3 Å². The van der Waals surface area contributed by atoms with Crippen LogP contribution in [0.2, 0.25) is 0 Å². The predicted octanol–water partition coefficient (Wildman–Crippen LogP) is 3.15. The first-order valence-electron chi connectivity index (χ1n) is 6.81. The third-order valence-corrected chi connectivity index (χ3v) is 4.46. The number of nitrogens with two attached hydrogens (primary N) is 1. The molecule has 1 atom stereocenters. The van der Waals surface area contributed by atoms with Crippen LogP contribution in [0.4, 0.5) is 8.78 Å². The van der Waals surface area contributed by atoms with E-state index in [1.165, 1.54) is 12.1 Å². The fourth-order valence-corrected chi connectivity index (χ4v) is 3.01. The van der Waals surface area contributed by atoms with Crippen LogP contribution in [0.15, 0.2) is 18.2 Å². The van der Waals surface area contributed by atoms with Crippen molar-refractivity contribution in [2.45, 2.75) is 38.7 Å². The van der Waals surface area contributed by atoms with Gasteiger partial charge in [-0.1, -0.05) is 19.8 Å². The second-order valence-corrected chi connectivity index (χ2v) is 5.85. The molecular formula is C15H21F2NO. The maximum atomic E-state index is 13.3. The summed E-state index contributed by atoms with van der Waals surface area (Å²) < 4.78 is 26.5. The third-order valence-electron chi connectivity index (χ3n) is 4.46. The molecule has 1 fully saturated rings. The van der Waals surface area contributed by atoms with Gasteiger partial charge in [0, 0.05) is 18.0 Å². The quantitative estimate of drug-likeness (QED) is 0.885. The van der Waals surface area contributed by atoms with Crippen molar-refractivity contribution in [2.24, 2.45) is 17.1 Å². The van der Waals surface area contributed by atoms with E-state index in [1.54, 1.807) is 0 Å². The monoisotopic (exact) mass is 269 g/mol. The molecule has 0 aliphatic heterocycles. The van der Waals surface area contributed by atoms with Gasteiger partial charge in [-0.3, -0.25) is 0 Å². The Morgan fingerprint density at radius 1 is 1.26 bits per heavy atom. The molecule has 19 heavy (non-hydrogen) atoms. The molecule has 0 radical (unpaired) electrons. The van der Waals surface area contributed by atoms with Crippen molar-refractivity contribution in [3.05, 3.63) is 35.4 Å². The van der Waals surface area contributed by atoms with E-state index in [4.69, 9.17) is 5.73 Å². The van der Waals surface area contributed by atoms with Gasteiger partial charge in [0.2, 0.25) is 0 Å². The van der Waals surface area contributed by atoms with Crippen LogP contribution in [-0.2, 0) is 0 Å². The lowest BCUT2D eigenvalue weighted by atomic mass is 9.66. The summed E-state index contributed by atoms with van der Waals surface area (Å²) in [6, 6.07) is 3.21. The van der Waals surface area contributed by atoms with Crippen molar-refractivity contribution in [1.29, 1.82) is 0 Å². The Kier molecular flexibility index (Phi) is 4.21. The second kappa shape index (κ2) is 5.55. The van der Waals surface area contributed by atoms with Gasteiger partial charge in [0.1, 0.15) is 11.6 Å². The van der Waals surface area contributed by atoms with E-state index in [1.807, 2.05) is 0 Å². The summed E-state index contributed by atoms with van der Waals surface area (Å²) in [6.45, 7) is 2.51. The summed E-state index contributed by atoms with van der Waals surface area (Å²) in [5.41, 5.74) is 5.69. The summed E-state index contributed by atoms with van der Waals surface area (Å²) in [5.74, 6) is -0.702. The molecule has 106 valence electrons. The van der Waals surface area contributed by atoms with Gasteiger partial charge in [0.05, 0.1) is 6.10 Å². The maximum absolute atomic E-state index is 13.3. The van der Waals surface area contributed by atoms with Gasteiger partial charge < -0.3 is 10.8 Å². The number of rotatable bonds is 3. The Morgan fingerprint density at radius 3 is 2.26 bits per heavy atom. The highest BCUT2D eigenvalue weighted by molar-refractivity contribution is 5.22. The Hall–Kier alpha value is -1.00. The van der Waals surface area contributed by atoms with Gasteiger partial charge >= 0.3 is 0 Å². The van der Waals surface area contributed by atoms with Crippen molar-refractivity contribution in [3.8, 4) is 0 Å². The lowest BCUT2D eigenvalue weighted by Crippen LogP contribution is -2.40. The Bertz CT molecular complexity index is 422. The molecule has 4 heteroatoms. The summed E-state index contributed by atoms with van der Waals surface area (Å²) in [7, 11) is 0. The average molecular weight is 269 g/mol. The average Bonchev–Trinajstić information content (AvgIpc) is 2.38. The van der Waals surface area contributed by atoms with Crippen molar-refractivity contribution < 1.29 is 13.9 Å². The number of hydrogen-bond donors (Lipinski definition) is 2. The minimum absolute atomic E-state index is 0.289. The molecule has 2 rings (SSSR count). The van der Waals surface area contributed by atoms with Gasteiger partial charge in [0.15, 0.2) is 0 Å². The fourth-order valence-electron chi connectivity index (χ4n) is 3.01. The zero-order valence-electron chi connectivity index (χ0n) is 11.2. The van der Waals surface area contributed by atoms with E-state index in [2.05, 4.69) is 6.92 Å². The Balaban J connectivity index is 2.27. The molecule has 1 aliphatic carbocycles. The number of aliphatic hydroxyl groups is 1. The summed E-state index contributed by atoms with van der Waals surface area (Å²) >= 11 is 0. The molecule has 0 spiro atoms. The van der Waals surface area contributed by atoms with Crippen LogP contribution in [0, 0.1) is 23.0 Å². The van der Waals surface area contributed by atoms with Gasteiger partial charge in [-0.05, 0) is 36.5 Å². The highest BCUT2D eigenvalue weighted by Crippen LogP contribution is 2.46. The SMILES string of the molecule is CC1CCC(CN)(C(O)c2cc(F)cc(F)c2)CC1. The highest BCUT2D eigenvalue weighted by Gasteiger charge is 2.40. The number of benzene rings is 1. The van der Waals surface area contributed by atoms with E-state index < -0.39 is 23.2 Å². The van der Waals surface area contributed by atoms with Crippen molar-refractivity contribution in [3.63, 3.8) is 0 Å². The van der Waals surface area contributed by atoms with E-state index in [0.717, 1.165) is 31.7 Å². The largest absolute Gasteiger partial charge is 0.388 e. The Morgan fingerprint density at radius 2 is 1.79 bits per heavy atom. The number of halogens is 2. The van der Waals surface area contributed by atoms with E-state index in [9.17, 15) is 13.9 Å². The highest BCUT2D eigenvalue weighted by atomic mass is 19.1. The molecule has 1 saturated carbocycles. The van der Waals surface area contributed by atoms with Crippen LogP contribution in [0.5, 0.6) is 0 Å². The molecule has 1 aromatic carbocycles. The van der Waals surface area contributed by atoms with E-state index >= 15 is 0 Å². The van der Waals surface area contributed by atoms with Crippen molar-refractivity contribution in [2.75, 3.05) is 6.54 Å². The number of hydrogen-bond acceptors (Lipinski definition) is 2. The predicted molar refractivity (Wildman–Crippen MR) is 70.4 cm³/mol.